The van der Waals surface area contributed by atoms with Crippen LogP contribution in [0.3, 0.4) is 0 Å². The van der Waals surface area contributed by atoms with Gasteiger partial charge in [0.15, 0.2) is 0 Å². The van der Waals surface area contributed by atoms with Crippen LogP contribution < -0.4 is 4.18 Å². The minimum atomic E-state index is -3.64. The van der Waals surface area contributed by atoms with Gasteiger partial charge >= 0.3 is 10.1 Å². The molecule has 0 spiro atoms. The second-order valence-electron chi connectivity index (χ2n) is 7.18. The van der Waals surface area contributed by atoms with E-state index in [9.17, 15) is 23.3 Å². The molecule has 0 saturated carbocycles. The van der Waals surface area contributed by atoms with Crippen LogP contribution in [0.15, 0.2) is 42.5 Å². The van der Waals surface area contributed by atoms with E-state index in [1.807, 2.05) is 0 Å². The van der Waals surface area contributed by atoms with Gasteiger partial charge in [-0.3, -0.25) is 14.9 Å². The Balaban J connectivity index is 1.83. The lowest BCUT2D eigenvalue weighted by atomic mass is 10.1. The van der Waals surface area contributed by atoms with E-state index in [0.29, 0.717) is 13.2 Å². The average molecular weight is 469 g/mol. The normalized spacial score (nSPS) is 16.1. The number of benzene rings is 2. The zero-order valence-electron chi connectivity index (χ0n) is 16.7. The van der Waals surface area contributed by atoms with Gasteiger partial charge in [-0.2, -0.15) is 8.42 Å². The summed E-state index contributed by atoms with van der Waals surface area (Å²) in [5, 5.41) is 11.1. The summed E-state index contributed by atoms with van der Waals surface area (Å²) in [6.45, 7) is 1.14. The van der Waals surface area contributed by atoms with Crippen LogP contribution in [0, 0.1) is 10.1 Å². The third kappa shape index (κ3) is 6.39. The molecule has 1 fully saturated rings. The SMILES string of the molecule is CS(=O)(=O)Oc1ccc(CN(CC2CCCO2)C(=O)c2ccc(Cl)c([N+](=O)[O-])c2)cc1. The molecule has 0 N–H and O–H groups in total. The molecule has 0 aromatic heterocycles. The maximum Gasteiger partial charge on any atom is 0.306 e. The molecule has 1 atom stereocenters. The summed E-state index contributed by atoms with van der Waals surface area (Å²) in [6, 6.07) is 10.2. The van der Waals surface area contributed by atoms with Crippen molar-refractivity contribution in [2.24, 2.45) is 0 Å². The first-order valence-corrected chi connectivity index (χ1v) is 11.6. The number of ether oxygens (including phenoxy) is 1. The van der Waals surface area contributed by atoms with E-state index in [2.05, 4.69) is 0 Å². The number of carbonyl (C=O) groups is 1. The highest BCUT2D eigenvalue weighted by Gasteiger charge is 2.25. The maximum absolute atomic E-state index is 13.2. The van der Waals surface area contributed by atoms with E-state index in [0.717, 1.165) is 30.7 Å². The molecule has 3 rings (SSSR count). The number of hydrogen-bond donors (Lipinski definition) is 0. The van der Waals surface area contributed by atoms with E-state index < -0.39 is 20.9 Å². The molecule has 0 aliphatic carbocycles. The van der Waals surface area contributed by atoms with Gasteiger partial charge in [0.2, 0.25) is 0 Å². The molecule has 11 heteroatoms. The van der Waals surface area contributed by atoms with E-state index in [1.165, 1.54) is 24.3 Å². The van der Waals surface area contributed by atoms with Crippen molar-refractivity contribution in [1.82, 2.24) is 4.90 Å². The van der Waals surface area contributed by atoms with Gasteiger partial charge < -0.3 is 13.8 Å². The molecular weight excluding hydrogens is 448 g/mol. The average Bonchev–Trinajstić information content (AvgIpc) is 3.20. The number of nitro benzene ring substituents is 1. The summed E-state index contributed by atoms with van der Waals surface area (Å²) in [5.41, 5.74) is 0.536. The fourth-order valence-corrected chi connectivity index (χ4v) is 3.91. The second-order valence-corrected chi connectivity index (χ2v) is 9.16. The Morgan fingerprint density at radius 3 is 2.58 bits per heavy atom. The Hall–Kier alpha value is -2.69. The van der Waals surface area contributed by atoms with Gasteiger partial charge in [-0.15, -0.1) is 0 Å². The monoisotopic (exact) mass is 468 g/mol. The number of nitro groups is 1. The highest BCUT2D eigenvalue weighted by atomic mass is 35.5. The maximum atomic E-state index is 13.2. The number of carbonyl (C=O) groups excluding carboxylic acids is 1. The first kappa shape index (κ1) is 23.0. The number of amides is 1. The fraction of sp³-hybridized carbons (Fsp3) is 0.350. The van der Waals surface area contributed by atoms with Crippen molar-refractivity contribution in [3.8, 4) is 5.75 Å². The minimum absolute atomic E-state index is 0.0475. The molecule has 31 heavy (non-hydrogen) atoms. The van der Waals surface area contributed by atoms with Gasteiger partial charge in [0.25, 0.3) is 11.6 Å². The van der Waals surface area contributed by atoms with Gasteiger partial charge in [-0.05, 0) is 42.7 Å². The zero-order chi connectivity index (χ0) is 22.6. The van der Waals surface area contributed by atoms with Crippen molar-refractivity contribution in [2.45, 2.75) is 25.5 Å². The quantitative estimate of drug-likeness (QED) is 0.331. The second kappa shape index (κ2) is 9.63. The topological polar surface area (TPSA) is 116 Å². The Morgan fingerprint density at radius 2 is 2.00 bits per heavy atom. The van der Waals surface area contributed by atoms with E-state index in [1.54, 1.807) is 17.0 Å². The summed E-state index contributed by atoms with van der Waals surface area (Å²) >= 11 is 5.86. The van der Waals surface area contributed by atoms with Crippen LogP contribution in [-0.2, 0) is 21.4 Å². The van der Waals surface area contributed by atoms with Gasteiger partial charge in [0.05, 0.1) is 17.3 Å². The van der Waals surface area contributed by atoms with Gasteiger partial charge in [0.1, 0.15) is 10.8 Å². The lowest BCUT2D eigenvalue weighted by molar-refractivity contribution is -0.384. The van der Waals surface area contributed by atoms with Crippen LogP contribution in [0.25, 0.3) is 0 Å². The molecule has 9 nitrogen and oxygen atoms in total. The van der Waals surface area contributed by atoms with Crippen molar-refractivity contribution in [3.05, 3.63) is 68.7 Å². The van der Waals surface area contributed by atoms with Crippen LogP contribution >= 0.6 is 11.6 Å². The fourth-order valence-electron chi connectivity index (χ4n) is 3.27. The molecule has 1 saturated heterocycles. The molecule has 2 aromatic rings. The highest BCUT2D eigenvalue weighted by molar-refractivity contribution is 7.86. The van der Waals surface area contributed by atoms with Crippen molar-refractivity contribution in [3.63, 3.8) is 0 Å². The zero-order valence-corrected chi connectivity index (χ0v) is 18.3. The molecule has 1 aliphatic rings. The Labute approximate surface area is 184 Å². The lowest BCUT2D eigenvalue weighted by Crippen LogP contribution is -2.37. The first-order chi connectivity index (χ1) is 14.6. The molecule has 1 amide bonds. The largest absolute Gasteiger partial charge is 0.383 e. The molecule has 2 aromatic carbocycles. The third-order valence-corrected chi connectivity index (χ3v) is 5.48. The standard InChI is InChI=1S/C20H21ClN2O7S/c1-31(27,28)30-16-7-4-14(5-8-16)12-22(13-17-3-2-10-29-17)20(24)15-6-9-18(21)19(11-15)23(25)26/h4-9,11,17H,2-3,10,12-13H2,1H3. The van der Waals surface area contributed by atoms with Crippen LogP contribution in [0.4, 0.5) is 5.69 Å². The molecule has 0 bridgehead atoms. The number of halogens is 1. The summed E-state index contributed by atoms with van der Waals surface area (Å²) < 4.78 is 33.0. The summed E-state index contributed by atoms with van der Waals surface area (Å²) in [5.74, 6) is -0.233. The first-order valence-electron chi connectivity index (χ1n) is 9.45. The lowest BCUT2D eigenvalue weighted by Gasteiger charge is -2.26. The van der Waals surface area contributed by atoms with E-state index in [-0.39, 0.29) is 34.7 Å². The van der Waals surface area contributed by atoms with Crippen LogP contribution in [0.5, 0.6) is 5.75 Å². The van der Waals surface area contributed by atoms with Crippen molar-refractivity contribution in [2.75, 3.05) is 19.4 Å². The van der Waals surface area contributed by atoms with E-state index >= 15 is 0 Å². The summed E-state index contributed by atoms with van der Waals surface area (Å²) in [4.78, 5) is 25.3. The number of nitrogens with zero attached hydrogens (tertiary/aromatic N) is 2. The smallest absolute Gasteiger partial charge is 0.306 e. The van der Waals surface area contributed by atoms with Gasteiger partial charge in [-0.1, -0.05) is 23.7 Å². The summed E-state index contributed by atoms with van der Waals surface area (Å²) in [7, 11) is -3.64. The van der Waals surface area contributed by atoms with Gasteiger partial charge in [0, 0.05) is 31.3 Å². The molecular formula is C20H21ClN2O7S. The van der Waals surface area contributed by atoms with Crippen molar-refractivity contribution >= 4 is 33.3 Å². The summed E-state index contributed by atoms with van der Waals surface area (Å²) in [6.07, 6.45) is 2.54. The van der Waals surface area contributed by atoms with Crippen LogP contribution in [0.2, 0.25) is 5.02 Å². The predicted octanol–water partition coefficient (Wildman–Crippen LogP) is 3.41. The number of rotatable bonds is 8. The minimum Gasteiger partial charge on any atom is -0.383 e. The Morgan fingerprint density at radius 1 is 1.29 bits per heavy atom. The van der Waals surface area contributed by atoms with Crippen LogP contribution in [0.1, 0.15) is 28.8 Å². The highest BCUT2D eigenvalue weighted by Crippen LogP contribution is 2.27. The molecule has 1 heterocycles. The molecule has 0 radical (unpaired) electrons. The molecule has 1 unspecified atom stereocenters. The Kier molecular flexibility index (Phi) is 7.14. The third-order valence-electron chi connectivity index (χ3n) is 4.67. The van der Waals surface area contributed by atoms with Crippen molar-refractivity contribution < 1.29 is 27.1 Å². The van der Waals surface area contributed by atoms with Crippen LogP contribution in [-0.4, -0.2) is 49.7 Å². The Bertz CT molecular complexity index is 1070. The predicted molar refractivity (Wildman–Crippen MR) is 114 cm³/mol. The van der Waals surface area contributed by atoms with Gasteiger partial charge in [-0.25, -0.2) is 0 Å². The molecule has 166 valence electrons. The molecule has 1 aliphatic heterocycles. The van der Waals surface area contributed by atoms with Crippen molar-refractivity contribution in [1.29, 1.82) is 0 Å². The van der Waals surface area contributed by atoms with E-state index in [4.69, 9.17) is 20.5 Å². The number of hydrogen-bond acceptors (Lipinski definition) is 7.